The Labute approximate surface area is 166 Å². The third kappa shape index (κ3) is 3.05. The highest BCUT2D eigenvalue weighted by Gasteiger charge is 2.30. The van der Waals surface area contributed by atoms with Gasteiger partial charge in [-0.1, -0.05) is 11.8 Å². The van der Waals surface area contributed by atoms with Crippen molar-refractivity contribution in [2.24, 2.45) is 0 Å². The largest absolute Gasteiger partial charge is 0.493 e. The number of aromatic nitrogens is 4. The summed E-state index contributed by atoms with van der Waals surface area (Å²) in [6.07, 6.45) is 4.64. The van der Waals surface area contributed by atoms with Gasteiger partial charge in [0, 0.05) is 12.6 Å². The molecule has 0 amide bonds. The van der Waals surface area contributed by atoms with Crippen molar-refractivity contribution in [1.82, 2.24) is 19.6 Å². The quantitative estimate of drug-likeness (QED) is 0.604. The number of ketones is 1. The van der Waals surface area contributed by atoms with Gasteiger partial charge in [0.15, 0.2) is 17.3 Å². The molecule has 0 spiro atoms. The maximum atomic E-state index is 12.8. The Bertz CT molecular complexity index is 1040. The van der Waals surface area contributed by atoms with E-state index in [-0.39, 0.29) is 11.7 Å². The number of Topliss-reactive ketones (excluding diaryl/α,β-unsaturated/α-hetero) is 1. The zero-order valence-electron chi connectivity index (χ0n) is 16.1. The van der Waals surface area contributed by atoms with Crippen LogP contribution in [-0.4, -0.2) is 53.0 Å². The number of nitrogens with zero attached hydrogens (tertiary/aromatic N) is 4. The van der Waals surface area contributed by atoms with Gasteiger partial charge in [-0.2, -0.15) is 4.98 Å². The van der Waals surface area contributed by atoms with Crippen molar-refractivity contribution in [3.8, 4) is 17.2 Å². The summed E-state index contributed by atoms with van der Waals surface area (Å²) in [5.74, 6) is 2.17. The molecule has 146 valence electrons. The summed E-state index contributed by atoms with van der Waals surface area (Å²) in [7, 11) is 4.72. The standard InChI is InChI=1S/C19H20N4O4S/c1-25-15-7-11(8-16(26-2)17(15)27-3)10-5-13-12(14(24)6-10)9-23-18(20-13)21-19(22-23)28-4/h7-10H,5-6H2,1-4H3. The molecule has 0 saturated heterocycles. The number of fused-ring (bicyclic) bond motifs is 2. The molecule has 28 heavy (non-hydrogen) atoms. The van der Waals surface area contributed by atoms with Crippen LogP contribution < -0.4 is 14.2 Å². The second kappa shape index (κ2) is 7.31. The molecule has 1 aromatic carbocycles. The number of carbonyl (C=O) groups excluding carboxylic acids is 1. The smallest absolute Gasteiger partial charge is 0.253 e. The highest BCUT2D eigenvalue weighted by molar-refractivity contribution is 7.98. The second-order valence-electron chi connectivity index (χ2n) is 6.43. The van der Waals surface area contributed by atoms with Crippen LogP contribution in [-0.2, 0) is 6.42 Å². The molecule has 1 atom stereocenters. The molecule has 8 nitrogen and oxygen atoms in total. The van der Waals surface area contributed by atoms with E-state index in [1.54, 1.807) is 32.0 Å². The predicted octanol–water partition coefficient (Wildman–Crippen LogP) is 2.78. The number of hydrogen-bond acceptors (Lipinski definition) is 8. The van der Waals surface area contributed by atoms with Crippen LogP contribution >= 0.6 is 11.8 Å². The lowest BCUT2D eigenvalue weighted by atomic mass is 9.82. The van der Waals surface area contributed by atoms with Crippen molar-refractivity contribution < 1.29 is 19.0 Å². The van der Waals surface area contributed by atoms with Gasteiger partial charge in [-0.3, -0.25) is 4.79 Å². The number of carbonyl (C=O) groups is 1. The van der Waals surface area contributed by atoms with Gasteiger partial charge in [0.2, 0.25) is 10.9 Å². The van der Waals surface area contributed by atoms with Crippen LogP contribution in [0, 0.1) is 0 Å². The monoisotopic (exact) mass is 400 g/mol. The average molecular weight is 400 g/mol. The summed E-state index contributed by atoms with van der Waals surface area (Å²) in [4.78, 5) is 21.8. The first kappa shape index (κ1) is 18.5. The minimum absolute atomic E-state index is 0.0356. The van der Waals surface area contributed by atoms with E-state index in [0.29, 0.717) is 46.6 Å². The number of rotatable bonds is 5. The lowest BCUT2D eigenvalue weighted by Crippen LogP contribution is -2.21. The summed E-state index contributed by atoms with van der Waals surface area (Å²) in [6.45, 7) is 0. The number of ether oxygens (including phenoxy) is 3. The van der Waals surface area contributed by atoms with Crippen LogP contribution in [0.5, 0.6) is 17.2 Å². The molecular weight excluding hydrogens is 380 g/mol. The van der Waals surface area contributed by atoms with Gasteiger partial charge >= 0.3 is 0 Å². The van der Waals surface area contributed by atoms with Crippen LogP contribution in [0.25, 0.3) is 5.78 Å². The summed E-state index contributed by atoms with van der Waals surface area (Å²) in [6, 6.07) is 3.79. The highest BCUT2D eigenvalue weighted by Crippen LogP contribution is 2.42. The summed E-state index contributed by atoms with van der Waals surface area (Å²) >= 11 is 1.44. The van der Waals surface area contributed by atoms with E-state index in [0.717, 1.165) is 11.3 Å². The molecule has 0 aliphatic heterocycles. The topological polar surface area (TPSA) is 87.8 Å². The maximum absolute atomic E-state index is 12.8. The Morgan fingerprint density at radius 1 is 1.07 bits per heavy atom. The van der Waals surface area contributed by atoms with Crippen LogP contribution in [0.4, 0.5) is 0 Å². The Kier molecular flexibility index (Phi) is 4.84. The lowest BCUT2D eigenvalue weighted by molar-refractivity contribution is 0.0962. The predicted molar refractivity (Wildman–Crippen MR) is 104 cm³/mol. The van der Waals surface area contributed by atoms with Crippen molar-refractivity contribution in [2.75, 3.05) is 27.6 Å². The van der Waals surface area contributed by atoms with Crippen molar-refractivity contribution >= 4 is 23.3 Å². The number of methoxy groups -OCH3 is 3. The summed E-state index contributed by atoms with van der Waals surface area (Å²) < 4.78 is 17.9. The van der Waals surface area contributed by atoms with E-state index < -0.39 is 0 Å². The molecule has 0 radical (unpaired) electrons. The molecule has 9 heteroatoms. The third-order valence-electron chi connectivity index (χ3n) is 4.90. The Hall–Kier alpha value is -2.81. The first-order valence-corrected chi connectivity index (χ1v) is 9.93. The lowest BCUT2D eigenvalue weighted by Gasteiger charge is -2.24. The Morgan fingerprint density at radius 3 is 2.39 bits per heavy atom. The van der Waals surface area contributed by atoms with E-state index in [1.807, 2.05) is 18.4 Å². The van der Waals surface area contributed by atoms with Gasteiger partial charge in [0.1, 0.15) is 0 Å². The van der Waals surface area contributed by atoms with Crippen molar-refractivity contribution in [1.29, 1.82) is 0 Å². The zero-order valence-corrected chi connectivity index (χ0v) is 16.9. The first-order chi connectivity index (χ1) is 13.6. The van der Waals surface area contributed by atoms with Crippen molar-refractivity contribution in [3.05, 3.63) is 35.2 Å². The second-order valence-corrected chi connectivity index (χ2v) is 7.20. The Morgan fingerprint density at radius 2 is 1.79 bits per heavy atom. The molecule has 0 fully saturated rings. The zero-order chi connectivity index (χ0) is 19.8. The normalized spacial score (nSPS) is 16.1. The fourth-order valence-corrected chi connectivity index (χ4v) is 3.87. The molecule has 2 heterocycles. The van der Waals surface area contributed by atoms with Crippen LogP contribution in [0.2, 0.25) is 0 Å². The fourth-order valence-electron chi connectivity index (χ4n) is 3.52. The van der Waals surface area contributed by atoms with Gasteiger partial charge in [0.25, 0.3) is 5.78 Å². The van der Waals surface area contributed by atoms with Gasteiger partial charge in [-0.25, -0.2) is 9.50 Å². The molecule has 0 bridgehead atoms. The number of benzene rings is 1. The molecule has 4 rings (SSSR count). The highest BCUT2D eigenvalue weighted by atomic mass is 32.2. The SMILES string of the molecule is COc1cc(C2CC(=O)c3cn4nc(SC)nc4nc3C2)cc(OC)c1OC. The molecular formula is C19H20N4O4S. The third-order valence-corrected chi connectivity index (χ3v) is 5.44. The molecule has 1 aliphatic rings. The molecule has 1 unspecified atom stereocenters. The molecule has 3 aromatic rings. The summed E-state index contributed by atoms with van der Waals surface area (Å²) in [5.41, 5.74) is 2.29. The van der Waals surface area contributed by atoms with Gasteiger partial charge in [-0.05, 0) is 36.3 Å². The van der Waals surface area contributed by atoms with E-state index >= 15 is 0 Å². The van der Waals surface area contributed by atoms with E-state index in [4.69, 9.17) is 14.2 Å². The van der Waals surface area contributed by atoms with E-state index in [9.17, 15) is 4.79 Å². The average Bonchev–Trinajstić information content (AvgIpc) is 3.13. The Balaban J connectivity index is 1.75. The van der Waals surface area contributed by atoms with Crippen LogP contribution in [0.1, 0.15) is 34.0 Å². The molecule has 2 aromatic heterocycles. The van der Waals surface area contributed by atoms with Gasteiger partial charge in [-0.15, -0.1) is 5.10 Å². The van der Waals surface area contributed by atoms with Crippen LogP contribution in [0.15, 0.2) is 23.5 Å². The number of thioether (sulfide) groups is 1. The van der Waals surface area contributed by atoms with Gasteiger partial charge < -0.3 is 14.2 Å². The first-order valence-electron chi connectivity index (χ1n) is 8.71. The maximum Gasteiger partial charge on any atom is 0.253 e. The number of hydrogen-bond donors (Lipinski definition) is 0. The van der Waals surface area contributed by atoms with E-state index in [1.165, 1.54) is 11.8 Å². The van der Waals surface area contributed by atoms with Crippen molar-refractivity contribution in [2.45, 2.75) is 23.9 Å². The minimum Gasteiger partial charge on any atom is -0.493 e. The van der Waals surface area contributed by atoms with Gasteiger partial charge in [0.05, 0.1) is 32.6 Å². The van der Waals surface area contributed by atoms with Crippen molar-refractivity contribution in [3.63, 3.8) is 0 Å². The molecule has 0 N–H and O–H groups in total. The molecule has 1 aliphatic carbocycles. The molecule has 0 saturated carbocycles. The minimum atomic E-state index is -0.0356. The van der Waals surface area contributed by atoms with Crippen LogP contribution in [0.3, 0.4) is 0 Å². The fraction of sp³-hybridized carbons (Fsp3) is 0.368. The summed E-state index contributed by atoms with van der Waals surface area (Å²) in [5, 5.41) is 4.95. The van der Waals surface area contributed by atoms with E-state index in [2.05, 4.69) is 15.1 Å².